The molecule has 0 radical (unpaired) electrons. The van der Waals surface area contributed by atoms with Gasteiger partial charge in [0.2, 0.25) is 0 Å². The van der Waals surface area contributed by atoms with E-state index >= 15 is 0 Å². The van der Waals surface area contributed by atoms with Crippen molar-refractivity contribution in [2.75, 3.05) is 13.1 Å². The van der Waals surface area contributed by atoms with Crippen molar-refractivity contribution in [1.29, 1.82) is 0 Å². The van der Waals surface area contributed by atoms with E-state index < -0.39 is 0 Å². The van der Waals surface area contributed by atoms with Crippen molar-refractivity contribution >= 4 is 33.2 Å². The quantitative estimate of drug-likeness (QED) is 0.794. The molecule has 0 unspecified atom stereocenters. The number of nitrogens with zero attached hydrogens (tertiary/aromatic N) is 1. The standard InChI is InChI=1S/C13H20BrNOS/c1-9(2)7-15(8-10(3)4)13(16)12-11(14)5-6-17-12/h5-6,9-10H,7-8H2,1-4H3. The van der Waals surface area contributed by atoms with Crippen molar-refractivity contribution in [3.8, 4) is 0 Å². The number of halogens is 1. The van der Waals surface area contributed by atoms with Crippen molar-refractivity contribution in [2.45, 2.75) is 27.7 Å². The van der Waals surface area contributed by atoms with Crippen LogP contribution in [0.1, 0.15) is 37.4 Å². The number of amides is 1. The fourth-order valence-electron chi connectivity index (χ4n) is 1.71. The van der Waals surface area contributed by atoms with Gasteiger partial charge in [-0.3, -0.25) is 4.79 Å². The summed E-state index contributed by atoms with van der Waals surface area (Å²) in [7, 11) is 0. The van der Waals surface area contributed by atoms with E-state index in [2.05, 4.69) is 43.6 Å². The smallest absolute Gasteiger partial charge is 0.265 e. The average Bonchev–Trinajstić information content (AvgIpc) is 2.61. The fourth-order valence-corrected chi connectivity index (χ4v) is 3.22. The van der Waals surface area contributed by atoms with Crippen LogP contribution in [-0.2, 0) is 0 Å². The summed E-state index contributed by atoms with van der Waals surface area (Å²) in [5.41, 5.74) is 0. The number of hydrogen-bond acceptors (Lipinski definition) is 2. The molecule has 4 heteroatoms. The second-order valence-electron chi connectivity index (χ2n) is 5.10. The summed E-state index contributed by atoms with van der Waals surface area (Å²) in [6.07, 6.45) is 0. The molecule has 17 heavy (non-hydrogen) atoms. The molecule has 1 rings (SSSR count). The minimum Gasteiger partial charge on any atom is -0.337 e. The van der Waals surface area contributed by atoms with E-state index in [1.807, 2.05) is 16.3 Å². The lowest BCUT2D eigenvalue weighted by atomic mass is 10.1. The maximum Gasteiger partial charge on any atom is 0.265 e. The van der Waals surface area contributed by atoms with Crippen LogP contribution in [0.15, 0.2) is 15.9 Å². The van der Waals surface area contributed by atoms with Crippen molar-refractivity contribution in [3.63, 3.8) is 0 Å². The zero-order valence-corrected chi connectivity index (χ0v) is 13.3. The van der Waals surface area contributed by atoms with Crippen LogP contribution >= 0.6 is 27.3 Å². The van der Waals surface area contributed by atoms with E-state index in [4.69, 9.17) is 0 Å². The van der Waals surface area contributed by atoms with E-state index in [1.165, 1.54) is 11.3 Å². The molecule has 1 aromatic heterocycles. The molecule has 0 saturated carbocycles. The molecule has 0 bridgehead atoms. The molecule has 0 atom stereocenters. The van der Waals surface area contributed by atoms with Crippen LogP contribution in [0.4, 0.5) is 0 Å². The number of thiophene rings is 1. The van der Waals surface area contributed by atoms with Gasteiger partial charge in [-0.25, -0.2) is 0 Å². The van der Waals surface area contributed by atoms with Crippen LogP contribution < -0.4 is 0 Å². The maximum atomic E-state index is 12.4. The molecule has 0 aromatic carbocycles. The third kappa shape index (κ3) is 4.43. The van der Waals surface area contributed by atoms with Gasteiger partial charge < -0.3 is 4.90 Å². The minimum atomic E-state index is 0.147. The average molecular weight is 318 g/mol. The molecule has 1 heterocycles. The lowest BCUT2D eigenvalue weighted by Gasteiger charge is -2.26. The molecular weight excluding hydrogens is 298 g/mol. The Hall–Kier alpha value is -0.350. The minimum absolute atomic E-state index is 0.147. The van der Waals surface area contributed by atoms with Gasteiger partial charge in [0, 0.05) is 17.6 Å². The molecule has 96 valence electrons. The summed E-state index contributed by atoms with van der Waals surface area (Å²) in [5, 5.41) is 1.94. The van der Waals surface area contributed by atoms with Gasteiger partial charge in [-0.1, -0.05) is 27.7 Å². The molecule has 1 amide bonds. The Bertz CT molecular complexity index is 363. The normalized spacial score (nSPS) is 11.2. The first kappa shape index (κ1) is 14.7. The third-order valence-corrected chi connectivity index (χ3v) is 4.10. The van der Waals surface area contributed by atoms with Gasteiger partial charge in [-0.15, -0.1) is 11.3 Å². The molecule has 0 aliphatic carbocycles. The number of carbonyl (C=O) groups excluding carboxylic acids is 1. The first-order valence-electron chi connectivity index (χ1n) is 5.94. The highest BCUT2D eigenvalue weighted by Gasteiger charge is 2.20. The van der Waals surface area contributed by atoms with Crippen LogP contribution in [0.5, 0.6) is 0 Å². The number of carbonyl (C=O) groups is 1. The van der Waals surface area contributed by atoms with Gasteiger partial charge in [-0.2, -0.15) is 0 Å². The van der Waals surface area contributed by atoms with E-state index in [0.29, 0.717) is 11.8 Å². The SMILES string of the molecule is CC(C)CN(CC(C)C)C(=O)c1sccc1Br. The molecule has 0 saturated heterocycles. The Morgan fingerprint density at radius 1 is 1.29 bits per heavy atom. The Morgan fingerprint density at radius 2 is 1.82 bits per heavy atom. The second kappa shape index (κ2) is 6.55. The number of hydrogen-bond donors (Lipinski definition) is 0. The molecule has 0 N–H and O–H groups in total. The van der Waals surface area contributed by atoms with Crippen LogP contribution in [0.3, 0.4) is 0 Å². The van der Waals surface area contributed by atoms with Gasteiger partial charge in [0.15, 0.2) is 0 Å². The molecule has 0 aliphatic rings. The molecular formula is C13H20BrNOS. The Balaban J connectivity index is 2.82. The van der Waals surface area contributed by atoms with Crippen LogP contribution in [0.25, 0.3) is 0 Å². The molecule has 0 spiro atoms. The summed E-state index contributed by atoms with van der Waals surface area (Å²) in [6.45, 7) is 10.2. The van der Waals surface area contributed by atoms with E-state index in [9.17, 15) is 4.79 Å². The largest absolute Gasteiger partial charge is 0.337 e. The molecule has 1 aromatic rings. The van der Waals surface area contributed by atoms with Crippen molar-refractivity contribution in [3.05, 3.63) is 20.8 Å². The van der Waals surface area contributed by atoms with Gasteiger partial charge in [-0.05, 0) is 39.2 Å². The van der Waals surface area contributed by atoms with E-state index in [0.717, 1.165) is 22.4 Å². The van der Waals surface area contributed by atoms with Crippen LogP contribution in [0, 0.1) is 11.8 Å². The zero-order valence-electron chi connectivity index (χ0n) is 10.9. The highest BCUT2D eigenvalue weighted by Crippen LogP contribution is 2.24. The monoisotopic (exact) mass is 317 g/mol. The van der Waals surface area contributed by atoms with Crippen molar-refractivity contribution in [2.24, 2.45) is 11.8 Å². The summed E-state index contributed by atoms with van der Waals surface area (Å²) in [6, 6.07) is 1.93. The van der Waals surface area contributed by atoms with E-state index in [1.54, 1.807) is 0 Å². The summed E-state index contributed by atoms with van der Waals surface area (Å²) < 4.78 is 0.907. The fraction of sp³-hybridized carbons (Fsp3) is 0.615. The summed E-state index contributed by atoms with van der Waals surface area (Å²) >= 11 is 4.93. The Kier molecular flexibility index (Phi) is 5.67. The Morgan fingerprint density at radius 3 is 2.18 bits per heavy atom. The van der Waals surface area contributed by atoms with Crippen LogP contribution in [0.2, 0.25) is 0 Å². The van der Waals surface area contributed by atoms with Gasteiger partial charge >= 0.3 is 0 Å². The van der Waals surface area contributed by atoms with Crippen molar-refractivity contribution in [1.82, 2.24) is 4.90 Å². The molecule has 0 aliphatic heterocycles. The van der Waals surface area contributed by atoms with Gasteiger partial charge in [0.1, 0.15) is 4.88 Å². The van der Waals surface area contributed by atoms with Gasteiger partial charge in [0.05, 0.1) is 0 Å². The first-order valence-corrected chi connectivity index (χ1v) is 7.61. The van der Waals surface area contributed by atoms with Gasteiger partial charge in [0.25, 0.3) is 5.91 Å². The lowest BCUT2D eigenvalue weighted by molar-refractivity contribution is 0.0719. The highest BCUT2D eigenvalue weighted by molar-refractivity contribution is 9.10. The third-order valence-electron chi connectivity index (χ3n) is 2.27. The Labute approximate surface area is 116 Å². The summed E-state index contributed by atoms with van der Waals surface area (Å²) in [5.74, 6) is 1.14. The predicted octanol–water partition coefficient (Wildman–Crippen LogP) is 4.26. The van der Waals surface area contributed by atoms with Crippen molar-refractivity contribution < 1.29 is 4.79 Å². The molecule has 0 fully saturated rings. The predicted molar refractivity (Wildman–Crippen MR) is 77.6 cm³/mol. The maximum absolute atomic E-state index is 12.4. The highest BCUT2D eigenvalue weighted by atomic mass is 79.9. The van der Waals surface area contributed by atoms with E-state index in [-0.39, 0.29) is 5.91 Å². The molecule has 2 nitrogen and oxygen atoms in total. The summed E-state index contributed by atoms with van der Waals surface area (Å²) in [4.78, 5) is 15.2. The zero-order chi connectivity index (χ0) is 13.0. The topological polar surface area (TPSA) is 20.3 Å². The lowest BCUT2D eigenvalue weighted by Crippen LogP contribution is -2.36. The number of rotatable bonds is 5. The second-order valence-corrected chi connectivity index (χ2v) is 6.87. The van der Waals surface area contributed by atoms with Crippen LogP contribution in [-0.4, -0.2) is 23.9 Å². The first-order chi connectivity index (χ1) is 7.91.